The second-order valence-electron chi connectivity index (χ2n) is 7.69. The average molecular weight is 435 g/mol. The predicted molar refractivity (Wildman–Crippen MR) is 119 cm³/mol. The average Bonchev–Trinajstić information content (AvgIpc) is 3.25. The van der Waals surface area contributed by atoms with Gasteiger partial charge in [0.05, 0.1) is 12.8 Å². The molecule has 1 fully saturated rings. The summed E-state index contributed by atoms with van der Waals surface area (Å²) in [7, 11) is 3.56. The third-order valence-electron chi connectivity index (χ3n) is 5.41. The molecule has 32 heavy (non-hydrogen) atoms. The van der Waals surface area contributed by atoms with Crippen molar-refractivity contribution >= 4 is 17.5 Å². The van der Waals surface area contributed by atoms with E-state index in [4.69, 9.17) is 9.26 Å². The van der Waals surface area contributed by atoms with Crippen LogP contribution in [0.4, 0.5) is 5.69 Å². The van der Waals surface area contributed by atoms with Gasteiger partial charge in [0.1, 0.15) is 5.75 Å². The van der Waals surface area contributed by atoms with Gasteiger partial charge in [-0.1, -0.05) is 5.16 Å². The predicted octanol–water partition coefficient (Wildman–Crippen LogP) is 2.69. The van der Waals surface area contributed by atoms with E-state index in [1.54, 1.807) is 49.4 Å². The van der Waals surface area contributed by atoms with E-state index >= 15 is 0 Å². The minimum absolute atomic E-state index is 0.0598. The first-order valence-electron chi connectivity index (χ1n) is 10.3. The van der Waals surface area contributed by atoms with Crippen molar-refractivity contribution in [2.45, 2.75) is 6.92 Å². The molecular weight excluding hydrogens is 410 g/mol. The lowest BCUT2D eigenvalue weighted by Crippen LogP contribution is -2.47. The number of nitrogens with zero attached hydrogens (tertiary/aromatic N) is 4. The summed E-state index contributed by atoms with van der Waals surface area (Å²) < 4.78 is 10.5. The van der Waals surface area contributed by atoms with Crippen molar-refractivity contribution in [3.05, 3.63) is 59.4 Å². The number of aromatic nitrogens is 2. The van der Waals surface area contributed by atoms with Gasteiger partial charge in [-0.3, -0.25) is 9.59 Å². The molecule has 0 spiro atoms. The highest BCUT2D eigenvalue weighted by Gasteiger charge is 2.22. The highest BCUT2D eigenvalue weighted by atomic mass is 16.5. The molecule has 2 heterocycles. The van der Waals surface area contributed by atoms with Gasteiger partial charge < -0.3 is 24.4 Å². The van der Waals surface area contributed by atoms with Gasteiger partial charge in [0.15, 0.2) is 5.82 Å². The third kappa shape index (κ3) is 4.62. The summed E-state index contributed by atoms with van der Waals surface area (Å²) in [6.45, 7) is 4.77. The SMILES string of the molecule is COc1ccc(C(=O)N2CCN(C)CC2)cc1NC(=O)c1ccc(-c2nc(C)no2)cc1. The Morgan fingerprint density at radius 2 is 1.72 bits per heavy atom. The first kappa shape index (κ1) is 21.5. The van der Waals surface area contributed by atoms with Crippen molar-refractivity contribution in [1.82, 2.24) is 19.9 Å². The van der Waals surface area contributed by atoms with Crippen LogP contribution < -0.4 is 10.1 Å². The number of amides is 2. The molecule has 9 nitrogen and oxygen atoms in total. The normalized spacial score (nSPS) is 14.3. The van der Waals surface area contributed by atoms with Crippen molar-refractivity contribution in [1.29, 1.82) is 0 Å². The Bertz CT molecular complexity index is 1120. The Morgan fingerprint density at radius 3 is 2.34 bits per heavy atom. The zero-order valence-electron chi connectivity index (χ0n) is 18.3. The van der Waals surface area contributed by atoms with E-state index in [0.717, 1.165) is 18.7 Å². The van der Waals surface area contributed by atoms with Crippen molar-refractivity contribution in [3.63, 3.8) is 0 Å². The number of ether oxygens (including phenoxy) is 1. The number of likely N-dealkylation sites (N-methyl/N-ethyl adjacent to an activating group) is 1. The molecule has 0 unspecified atom stereocenters. The van der Waals surface area contributed by atoms with Crippen LogP contribution in [0.3, 0.4) is 0 Å². The molecule has 0 radical (unpaired) electrons. The van der Waals surface area contributed by atoms with Crippen molar-refractivity contribution in [3.8, 4) is 17.2 Å². The zero-order chi connectivity index (χ0) is 22.7. The van der Waals surface area contributed by atoms with E-state index in [2.05, 4.69) is 20.4 Å². The number of nitrogens with one attached hydrogen (secondary N) is 1. The maximum Gasteiger partial charge on any atom is 0.257 e. The van der Waals surface area contributed by atoms with Gasteiger partial charge in [-0.2, -0.15) is 4.98 Å². The molecule has 2 amide bonds. The largest absolute Gasteiger partial charge is 0.495 e. The van der Waals surface area contributed by atoms with Gasteiger partial charge in [0.25, 0.3) is 17.7 Å². The number of aryl methyl sites for hydroxylation is 1. The monoisotopic (exact) mass is 435 g/mol. The first-order valence-corrected chi connectivity index (χ1v) is 10.3. The van der Waals surface area contributed by atoms with Gasteiger partial charge in [0.2, 0.25) is 0 Å². The maximum atomic E-state index is 12.9. The van der Waals surface area contributed by atoms with E-state index < -0.39 is 0 Å². The summed E-state index contributed by atoms with van der Waals surface area (Å²) in [4.78, 5) is 34.0. The molecule has 1 aliphatic rings. The van der Waals surface area contributed by atoms with E-state index in [1.807, 2.05) is 11.9 Å². The number of carbonyl (C=O) groups is 2. The number of piperazine rings is 1. The van der Waals surface area contributed by atoms with E-state index in [-0.39, 0.29) is 11.8 Å². The van der Waals surface area contributed by atoms with Crippen molar-refractivity contribution in [2.24, 2.45) is 0 Å². The van der Waals surface area contributed by atoms with Gasteiger partial charge in [-0.25, -0.2) is 0 Å². The number of methoxy groups -OCH3 is 1. The number of rotatable bonds is 5. The lowest BCUT2D eigenvalue weighted by Gasteiger charge is -2.32. The molecule has 4 rings (SSSR count). The number of anilines is 1. The van der Waals surface area contributed by atoms with E-state index in [0.29, 0.717) is 47.4 Å². The van der Waals surface area contributed by atoms with Crippen LogP contribution in [-0.2, 0) is 0 Å². The van der Waals surface area contributed by atoms with Gasteiger partial charge in [-0.05, 0) is 56.4 Å². The molecule has 0 bridgehead atoms. The van der Waals surface area contributed by atoms with Crippen molar-refractivity contribution < 1.29 is 18.8 Å². The molecule has 3 aromatic rings. The third-order valence-corrected chi connectivity index (χ3v) is 5.41. The Hall–Kier alpha value is -3.72. The fourth-order valence-corrected chi connectivity index (χ4v) is 3.50. The first-order chi connectivity index (χ1) is 15.4. The van der Waals surface area contributed by atoms with Crippen molar-refractivity contribution in [2.75, 3.05) is 45.7 Å². The number of hydrogen-bond acceptors (Lipinski definition) is 7. The molecule has 9 heteroatoms. The molecule has 166 valence electrons. The summed E-state index contributed by atoms with van der Waals surface area (Å²) in [6.07, 6.45) is 0. The molecule has 0 atom stereocenters. The number of carbonyl (C=O) groups excluding carboxylic acids is 2. The van der Waals surface area contributed by atoms with E-state index in [1.165, 1.54) is 7.11 Å². The molecular formula is C23H25N5O4. The van der Waals surface area contributed by atoms with Gasteiger partial charge in [-0.15, -0.1) is 0 Å². The van der Waals surface area contributed by atoms with Crippen LogP contribution in [-0.4, -0.2) is 72.1 Å². The maximum absolute atomic E-state index is 12.9. The lowest BCUT2D eigenvalue weighted by atomic mass is 10.1. The number of hydrogen-bond donors (Lipinski definition) is 1. The van der Waals surface area contributed by atoms with Crippen LogP contribution in [0.25, 0.3) is 11.5 Å². The van der Waals surface area contributed by atoms with E-state index in [9.17, 15) is 9.59 Å². The second kappa shape index (κ2) is 9.19. The van der Waals surface area contributed by atoms with Gasteiger partial charge >= 0.3 is 0 Å². The molecule has 0 saturated carbocycles. The molecule has 2 aromatic carbocycles. The fourth-order valence-electron chi connectivity index (χ4n) is 3.50. The molecule has 0 aliphatic carbocycles. The van der Waals surface area contributed by atoms with Crippen LogP contribution in [0.1, 0.15) is 26.5 Å². The summed E-state index contributed by atoms with van der Waals surface area (Å²) in [5.74, 6) is 1.04. The Morgan fingerprint density at radius 1 is 1.03 bits per heavy atom. The topological polar surface area (TPSA) is 101 Å². The summed E-state index contributed by atoms with van der Waals surface area (Å²) in [5, 5.41) is 6.62. The smallest absolute Gasteiger partial charge is 0.257 e. The van der Waals surface area contributed by atoms with Crippen LogP contribution in [0.15, 0.2) is 47.0 Å². The van der Waals surface area contributed by atoms with Crippen LogP contribution >= 0.6 is 0 Å². The van der Waals surface area contributed by atoms with Gasteiger partial charge in [0, 0.05) is 42.9 Å². The number of benzene rings is 2. The quantitative estimate of drug-likeness (QED) is 0.658. The minimum atomic E-state index is -0.319. The standard InChI is InChI=1S/C23H25N5O4/c1-15-24-22(32-26-15)17-6-4-16(5-7-17)21(29)25-19-14-18(8-9-20(19)31-3)23(30)28-12-10-27(2)11-13-28/h4-9,14H,10-13H2,1-3H3,(H,25,29). The summed E-state index contributed by atoms with van der Waals surface area (Å²) >= 11 is 0. The zero-order valence-corrected chi connectivity index (χ0v) is 18.3. The second-order valence-corrected chi connectivity index (χ2v) is 7.69. The molecule has 1 saturated heterocycles. The highest BCUT2D eigenvalue weighted by molar-refractivity contribution is 6.06. The lowest BCUT2D eigenvalue weighted by molar-refractivity contribution is 0.0664. The Labute approximate surface area is 186 Å². The molecule has 1 aromatic heterocycles. The van der Waals surface area contributed by atoms with Crippen LogP contribution in [0.5, 0.6) is 5.75 Å². The Balaban J connectivity index is 1.50. The highest BCUT2D eigenvalue weighted by Crippen LogP contribution is 2.27. The molecule has 1 aliphatic heterocycles. The minimum Gasteiger partial charge on any atom is -0.495 e. The fraction of sp³-hybridized carbons (Fsp3) is 0.304. The summed E-state index contributed by atoms with van der Waals surface area (Å²) in [6, 6.07) is 11.9. The van der Waals surface area contributed by atoms with Crippen LogP contribution in [0, 0.1) is 6.92 Å². The van der Waals surface area contributed by atoms with Crippen LogP contribution in [0.2, 0.25) is 0 Å². The molecule has 1 N–H and O–H groups in total. The Kier molecular flexibility index (Phi) is 6.18. The summed E-state index contributed by atoms with van der Waals surface area (Å²) in [5.41, 5.74) is 2.11.